The second-order valence-electron chi connectivity index (χ2n) is 5.06. The van der Waals surface area contributed by atoms with E-state index >= 15 is 0 Å². The Morgan fingerprint density at radius 1 is 1.08 bits per heavy atom. The number of hydrogen-bond donors (Lipinski definition) is 2. The van der Waals surface area contributed by atoms with Gasteiger partial charge in [0, 0.05) is 17.7 Å². The SMILES string of the molecule is COc1cc2oc(Nc3nc4cc(F)ccc4o3)nc2cc1CO. The highest BCUT2D eigenvalue weighted by atomic mass is 19.1. The maximum Gasteiger partial charge on any atom is 0.303 e. The first-order valence-corrected chi connectivity index (χ1v) is 7.07. The first-order valence-electron chi connectivity index (χ1n) is 7.07. The average molecular weight is 329 g/mol. The minimum atomic E-state index is -0.396. The Labute approximate surface area is 134 Å². The van der Waals surface area contributed by atoms with Crippen LogP contribution in [0.1, 0.15) is 5.56 Å². The van der Waals surface area contributed by atoms with E-state index in [0.717, 1.165) is 0 Å². The van der Waals surface area contributed by atoms with Crippen LogP contribution in [0.5, 0.6) is 5.75 Å². The Morgan fingerprint density at radius 3 is 2.50 bits per heavy atom. The van der Waals surface area contributed by atoms with Crippen LogP contribution < -0.4 is 10.1 Å². The fourth-order valence-electron chi connectivity index (χ4n) is 2.41. The summed E-state index contributed by atoms with van der Waals surface area (Å²) < 4.78 is 29.4. The van der Waals surface area contributed by atoms with Crippen molar-refractivity contribution in [3.63, 3.8) is 0 Å². The summed E-state index contributed by atoms with van der Waals surface area (Å²) in [5, 5.41) is 12.1. The van der Waals surface area contributed by atoms with Crippen LogP contribution in [0.4, 0.5) is 16.4 Å². The lowest BCUT2D eigenvalue weighted by Crippen LogP contribution is -1.91. The molecule has 0 bridgehead atoms. The van der Waals surface area contributed by atoms with Gasteiger partial charge in [0.15, 0.2) is 11.2 Å². The number of benzene rings is 2. The van der Waals surface area contributed by atoms with Crippen molar-refractivity contribution in [3.8, 4) is 5.75 Å². The molecule has 0 aliphatic heterocycles. The van der Waals surface area contributed by atoms with Crippen LogP contribution in [0.15, 0.2) is 39.2 Å². The summed E-state index contributed by atoms with van der Waals surface area (Å²) in [7, 11) is 1.51. The number of anilines is 2. The Bertz CT molecular complexity index is 1000. The lowest BCUT2D eigenvalue weighted by molar-refractivity contribution is 0.274. The zero-order valence-electron chi connectivity index (χ0n) is 12.5. The van der Waals surface area contributed by atoms with E-state index in [9.17, 15) is 9.50 Å². The topological polar surface area (TPSA) is 93.5 Å². The molecule has 24 heavy (non-hydrogen) atoms. The normalized spacial score (nSPS) is 11.3. The zero-order chi connectivity index (χ0) is 16.7. The number of methoxy groups -OCH3 is 1. The molecule has 7 nitrogen and oxygen atoms in total. The van der Waals surface area contributed by atoms with Crippen LogP contribution in [-0.2, 0) is 6.61 Å². The smallest absolute Gasteiger partial charge is 0.303 e. The minimum absolute atomic E-state index is 0.136. The summed E-state index contributed by atoms with van der Waals surface area (Å²) >= 11 is 0. The van der Waals surface area contributed by atoms with E-state index in [0.29, 0.717) is 33.5 Å². The van der Waals surface area contributed by atoms with Crippen LogP contribution in [0.25, 0.3) is 22.2 Å². The molecule has 8 heteroatoms. The van der Waals surface area contributed by atoms with Gasteiger partial charge in [-0.05, 0) is 18.2 Å². The zero-order valence-corrected chi connectivity index (χ0v) is 12.5. The van der Waals surface area contributed by atoms with Crippen LogP contribution in [0.2, 0.25) is 0 Å². The van der Waals surface area contributed by atoms with Crippen molar-refractivity contribution in [2.75, 3.05) is 12.4 Å². The van der Waals surface area contributed by atoms with Gasteiger partial charge in [-0.2, -0.15) is 9.97 Å². The van der Waals surface area contributed by atoms with E-state index in [1.54, 1.807) is 12.1 Å². The lowest BCUT2D eigenvalue weighted by atomic mass is 10.2. The van der Waals surface area contributed by atoms with Gasteiger partial charge in [-0.1, -0.05) is 0 Å². The summed E-state index contributed by atoms with van der Waals surface area (Å²) in [5.41, 5.74) is 2.46. The highest BCUT2D eigenvalue weighted by Crippen LogP contribution is 2.29. The van der Waals surface area contributed by atoms with Crippen LogP contribution in [0, 0.1) is 5.82 Å². The monoisotopic (exact) mass is 329 g/mol. The molecule has 2 aromatic heterocycles. The summed E-state index contributed by atoms with van der Waals surface area (Å²) in [6.45, 7) is -0.175. The molecule has 2 heterocycles. The van der Waals surface area contributed by atoms with Gasteiger partial charge in [-0.15, -0.1) is 0 Å². The van der Waals surface area contributed by atoms with Crippen LogP contribution >= 0.6 is 0 Å². The molecule has 0 spiro atoms. The highest BCUT2D eigenvalue weighted by molar-refractivity contribution is 5.79. The van der Waals surface area contributed by atoms with Crippen molar-refractivity contribution in [1.29, 1.82) is 0 Å². The molecule has 2 N–H and O–H groups in total. The first kappa shape index (κ1) is 14.5. The molecule has 4 aromatic rings. The van der Waals surface area contributed by atoms with Gasteiger partial charge in [0.25, 0.3) is 0 Å². The van der Waals surface area contributed by atoms with Gasteiger partial charge < -0.3 is 18.7 Å². The number of aromatic nitrogens is 2. The number of rotatable bonds is 4. The van der Waals surface area contributed by atoms with Crippen LogP contribution in [0.3, 0.4) is 0 Å². The molecule has 0 aliphatic carbocycles. The van der Waals surface area contributed by atoms with Gasteiger partial charge in [-0.3, -0.25) is 5.32 Å². The number of aliphatic hydroxyl groups is 1. The molecular weight excluding hydrogens is 317 g/mol. The maximum atomic E-state index is 13.2. The van der Waals surface area contributed by atoms with Crippen molar-refractivity contribution in [1.82, 2.24) is 9.97 Å². The fourth-order valence-corrected chi connectivity index (χ4v) is 2.41. The summed E-state index contributed by atoms with van der Waals surface area (Å²) in [6.07, 6.45) is 0. The second-order valence-corrected chi connectivity index (χ2v) is 5.06. The van der Waals surface area contributed by atoms with Gasteiger partial charge in [0.2, 0.25) is 0 Å². The Balaban J connectivity index is 1.70. The largest absolute Gasteiger partial charge is 0.496 e. The standard InChI is InChI=1S/C16H12FN3O4/c1-22-13-6-14-10(4-8(13)7-21)18-16(24-14)20-15-19-11-5-9(17)2-3-12(11)23-15/h2-6,21H,7H2,1H3,(H,18,19,20). The maximum absolute atomic E-state index is 13.2. The van der Waals surface area contributed by atoms with E-state index in [1.807, 2.05) is 0 Å². The molecule has 0 radical (unpaired) electrons. The van der Waals surface area contributed by atoms with E-state index in [4.69, 9.17) is 13.6 Å². The van der Waals surface area contributed by atoms with E-state index < -0.39 is 5.82 Å². The molecule has 0 unspecified atom stereocenters. The fraction of sp³-hybridized carbons (Fsp3) is 0.125. The summed E-state index contributed by atoms with van der Waals surface area (Å²) in [5.74, 6) is 0.109. The van der Waals surface area contributed by atoms with Gasteiger partial charge >= 0.3 is 12.0 Å². The van der Waals surface area contributed by atoms with Gasteiger partial charge in [-0.25, -0.2) is 4.39 Å². The number of nitrogens with zero attached hydrogens (tertiary/aromatic N) is 2. The molecular formula is C16H12FN3O4. The second kappa shape index (κ2) is 5.50. The third-order valence-electron chi connectivity index (χ3n) is 3.52. The van der Waals surface area contributed by atoms with Crippen molar-refractivity contribution in [2.45, 2.75) is 6.61 Å². The number of oxazole rings is 2. The number of aliphatic hydroxyl groups excluding tert-OH is 1. The molecule has 2 aromatic carbocycles. The molecule has 4 rings (SSSR count). The molecule has 0 saturated carbocycles. The molecule has 122 valence electrons. The van der Waals surface area contributed by atoms with E-state index in [1.165, 1.54) is 25.3 Å². The lowest BCUT2D eigenvalue weighted by Gasteiger charge is -2.04. The van der Waals surface area contributed by atoms with Crippen molar-refractivity contribution in [3.05, 3.63) is 41.7 Å². The number of nitrogens with one attached hydrogen (secondary N) is 1. The predicted molar refractivity (Wildman–Crippen MR) is 83.7 cm³/mol. The molecule has 0 aliphatic rings. The van der Waals surface area contributed by atoms with Gasteiger partial charge in [0.1, 0.15) is 22.6 Å². The average Bonchev–Trinajstić information content (AvgIpc) is 3.15. The first-order chi connectivity index (χ1) is 11.7. The third-order valence-corrected chi connectivity index (χ3v) is 3.52. The molecule has 0 amide bonds. The molecule has 0 fully saturated rings. The molecule has 0 saturated heterocycles. The Morgan fingerprint density at radius 2 is 1.79 bits per heavy atom. The quantitative estimate of drug-likeness (QED) is 0.593. The Kier molecular flexibility index (Phi) is 3.31. The van der Waals surface area contributed by atoms with E-state index in [2.05, 4.69) is 15.3 Å². The third kappa shape index (κ3) is 2.42. The summed E-state index contributed by atoms with van der Waals surface area (Å²) in [6, 6.07) is 7.66. The number of fused-ring (bicyclic) bond motifs is 2. The number of halogens is 1. The van der Waals surface area contributed by atoms with E-state index in [-0.39, 0.29) is 18.6 Å². The van der Waals surface area contributed by atoms with Crippen molar-refractivity contribution in [2.24, 2.45) is 0 Å². The predicted octanol–water partition coefficient (Wildman–Crippen LogP) is 3.35. The van der Waals surface area contributed by atoms with Crippen molar-refractivity contribution < 1.29 is 23.1 Å². The number of hydrogen-bond acceptors (Lipinski definition) is 7. The summed E-state index contributed by atoms with van der Waals surface area (Å²) in [4.78, 5) is 8.39. The van der Waals surface area contributed by atoms with Gasteiger partial charge in [0.05, 0.1) is 13.7 Å². The van der Waals surface area contributed by atoms with Crippen molar-refractivity contribution >= 4 is 34.2 Å². The Hall–Kier alpha value is -3.13. The minimum Gasteiger partial charge on any atom is -0.496 e. The van der Waals surface area contributed by atoms with Crippen LogP contribution in [-0.4, -0.2) is 22.2 Å². The highest BCUT2D eigenvalue weighted by Gasteiger charge is 2.14. The number of ether oxygens (including phenoxy) is 1. The molecule has 0 atom stereocenters.